The lowest BCUT2D eigenvalue weighted by Gasteiger charge is -2.42. The van der Waals surface area contributed by atoms with E-state index in [-0.39, 0.29) is 4.65 Å². The maximum atomic E-state index is 12.9. The molecule has 2 atom stereocenters. The van der Waals surface area contributed by atoms with Gasteiger partial charge in [0.1, 0.15) is 0 Å². The van der Waals surface area contributed by atoms with Gasteiger partial charge in [-0.2, -0.15) is 0 Å². The zero-order valence-electron chi connectivity index (χ0n) is 17.5. The van der Waals surface area contributed by atoms with Gasteiger partial charge in [0.05, 0.1) is 25.9 Å². The highest BCUT2D eigenvalue weighted by Gasteiger charge is 2.15. The van der Waals surface area contributed by atoms with Gasteiger partial charge in [0, 0.05) is 5.69 Å². The summed E-state index contributed by atoms with van der Waals surface area (Å²) in [5.74, 6) is 0.354. The van der Waals surface area contributed by atoms with Crippen LogP contribution < -0.4 is 4.72 Å². The van der Waals surface area contributed by atoms with Crippen molar-refractivity contribution in [3.8, 4) is 0 Å². The molecular formula is C21H38N2O3S. The lowest BCUT2D eigenvalue weighted by atomic mass is 9.96. The van der Waals surface area contributed by atoms with Gasteiger partial charge >= 0.3 is 0 Å². The maximum absolute atomic E-state index is 12.9. The number of nitrogens with zero attached hydrogens (tertiary/aromatic N) is 1. The van der Waals surface area contributed by atoms with E-state index in [1.807, 2.05) is 19.1 Å². The monoisotopic (exact) mass is 398 g/mol. The van der Waals surface area contributed by atoms with Crippen molar-refractivity contribution in [1.82, 2.24) is 0 Å². The molecule has 0 aromatic heterocycles. The van der Waals surface area contributed by atoms with Crippen molar-refractivity contribution >= 4 is 15.7 Å². The highest BCUT2D eigenvalue weighted by Crippen LogP contribution is 2.24. The van der Waals surface area contributed by atoms with Crippen LogP contribution in [0.5, 0.6) is 0 Å². The Morgan fingerprint density at radius 3 is 2.15 bits per heavy atom. The van der Waals surface area contributed by atoms with E-state index in [1.165, 1.54) is 31.2 Å². The Hall–Kier alpha value is -1.11. The van der Waals surface area contributed by atoms with Gasteiger partial charge in [-0.3, -0.25) is 4.72 Å². The molecule has 1 aromatic carbocycles. The van der Waals surface area contributed by atoms with Crippen molar-refractivity contribution in [2.45, 2.75) is 71.6 Å². The largest absolute Gasteiger partial charge is 0.633 e. The average Bonchev–Trinajstić information content (AvgIpc) is 2.60. The number of rotatable bonds is 14. The molecule has 156 valence electrons. The van der Waals surface area contributed by atoms with Gasteiger partial charge in [-0.1, -0.05) is 45.2 Å². The third-order valence-corrected chi connectivity index (χ3v) is 5.84. The van der Waals surface area contributed by atoms with Crippen LogP contribution in [0.1, 0.15) is 77.2 Å². The van der Waals surface area contributed by atoms with Crippen LogP contribution in [-0.4, -0.2) is 39.0 Å². The Labute approximate surface area is 166 Å². The van der Waals surface area contributed by atoms with Gasteiger partial charge < -0.3 is 9.85 Å². The van der Waals surface area contributed by atoms with E-state index in [2.05, 4.69) is 18.6 Å². The first-order valence-electron chi connectivity index (χ1n) is 10.3. The number of hydroxylamine groups is 3. The molecule has 1 rings (SSSR count). The molecule has 0 radical (unpaired) electrons. The number of quaternary nitrogens is 1. The summed E-state index contributed by atoms with van der Waals surface area (Å²) in [7, 11) is -3.24. The molecule has 6 heteroatoms. The van der Waals surface area contributed by atoms with Crippen molar-refractivity contribution in [3.05, 3.63) is 35.0 Å². The zero-order valence-corrected chi connectivity index (χ0v) is 18.4. The molecule has 5 nitrogen and oxygen atoms in total. The Morgan fingerprint density at radius 2 is 1.59 bits per heavy atom. The van der Waals surface area contributed by atoms with Crippen molar-refractivity contribution in [2.24, 2.45) is 0 Å². The predicted octanol–water partition coefficient (Wildman–Crippen LogP) is 5.25. The molecule has 0 amide bonds. The van der Waals surface area contributed by atoms with Gasteiger partial charge in [-0.05, 0) is 56.2 Å². The molecule has 2 unspecified atom stereocenters. The summed E-state index contributed by atoms with van der Waals surface area (Å²) in [5.41, 5.74) is 1.76. The van der Waals surface area contributed by atoms with Gasteiger partial charge in [-0.15, -0.1) is 0 Å². The quantitative estimate of drug-likeness (QED) is 0.264. The number of nitrogens with one attached hydrogen (secondary N) is 1. The Morgan fingerprint density at radius 1 is 1.00 bits per heavy atom. The van der Waals surface area contributed by atoms with Crippen LogP contribution in [0.25, 0.3) is 0 Å². The minimum atomic E-state index is -3.24. The van der Waals surface area contributed by atoms with Crippen molar-refractivity contribution in [3.63, 3.8) is 0 Å². The van der Waals surface area contributed by atoms with E-state index in [9.17, 15) is 13.6 Å². The lowest BCUT2D eigenvalue weighted by Crippen LogP contribution is -2.43. The Bertz CT molecular complexity index is 631. The van der Waals surface area contributed by atoms with E-state index < -0.39 is 10.0 Å². The Balaban J connectivity index is 2.42. The van der Waals surface area contributed by atoms with Crippen LogP contribution in [0, 0.1) is 5.21 Å². The molecule has 1 aromatic rings. The van der Waals surface area contributed by atoms with Crippen LogP contribution in [0.2, 0.25) is 0 Å². The SMILES string of the molecule is CCCCCCC[N+]([O-])(CC)CCCC(C)c1ccc(NS(C)(=O)=O)cc1. The average molecular weight is 399 g/mol. The fraction of sp³-hybridized carbons (Fsp3) is 0.714. The maximum Gasteiger partial charge on any atom is 0.229 e. The standard InChI is InChI=1S/C21H38N2O3S/c1-5-7-8-9-10-17-23(24,6-2)18-11-12-19(3)20-13-15-21(16-14-20)22-27(4,25)26/h13-16,19,22H,5-12,17-18H2,1-4H3. The molecule has 0 saturated carbocycles. The predicted molar refractivity (Wildman–Crippen MR) is 115 cm³/mol. The highest BCUT2D eigenvalue weighted by atomic mass is 32.2. The third kappa shape index (κ3) is 10.1. The first-order valence-corrected chi connectivity index (χ1v) is 12.2. The minimum absolute atomic E-state index is 0.0734. The number of hydrogen-bond donors (Lipinski definition) is 1. The number of anilines is 1. The summed E-state index contributed by atoms with van der Waals surface area (Å²) in [6, 6.07) is 7.52. The molecule has 0 aliphatic carbocycles. The van der Waals surface area contributed by atoms with Crippen molar-refractivity contribution in [1.29, 1.82) is 0 Å². The fourth-order valence-electron chi connectivity index (χ4n) is 3.38. The molecule has 0 aliphatic heterocycles. The van der Waals surface area contributed by atoms with E-state index >= 15 is 0 Å². The van der Waals surface area contributed by atoms with Crippen LogP contribution in [0.3, 0.4) is 0 Å². The molecule has 1 N–H and O–H groups in total. The second-order valence-corrected chi connectivity index (χ2v) is 9.52. The van der Waals surface area contributed by atoms with Gasteiger partial charge in [-0.25, -0.2) is 8.42 Å². The molecule has 0 saturated heterocycles. The molecule has 27 heavy (non-hydrogen) atoms. The summed E-state index contributed by atoms with van der Waals surface area (Å²) in [4.78, 5) is 0. The number of sulfonamides is 1. The van der Waals surface area contributed by atoms with Crippen molar-refractivity contribution < 1.29 is 13.1 Å². The van der Waals surface area contributed by atoms with Crippen molar-refractivity contribution in [2.75, 3.05) is 30.6 Å². The van der Waals surface area contributed by atoms with Gasteiger partial charge in [0.2, 0.25) is 10.0 Å². The van der Waals surface area contributed by atoms with E-state index in [4.69, 9.17) is 0 Å². The second kappa shape index (κ2) is 11.7. The minimum Gasteiger partial charge on any atom is -0.633 e. The van der Waals surface area contributed by atoms with Crippen LogP contribution in [-0.2, 0) is 10.0 Å². The van der Waals surface area contributed by atoms with Gasteiger partial charge in [0.25, 0.3) is 0 Å². The summed E-state index contributed by atoms with van der Waals surface area (Å²) in [6.45, 7) is 8.43. The first-order chi connectivity index (χ1) is 12.7. The smallest absolute Gasteiger partial charge is 0.229 e. The van der Waals surface area contributed by atoms with Crippen LogP contribution in [0.15, 0.2) is 24.3 Å². The number of hydrogen-bond acceptors (Lipinski definition) is 3. The number of benzene rings is 1. The molecule has 0 bridgehead atoms. The summed E-state index contributed by atoms with van der Waals surface area (Å²) in [6.07, 6.45) is 8.96. The zero-order chi connectivity index (χ0) is 20.3. The van der Waals surface area contributed by atoms with E-state index in [0.29, 0.717) is 24.7 Å². The van der Waals surface area contributed by atoms with E-state index in [0.717, 1.165) is 32.1 Å². The normalized spacial score (nSPS) is 15.3. The molecule has 0 spiro atoms. The van der Waals surface area contributed by atoms with E-state index in [1.54, 1.807) is 12.1 Å². The molecule has 0 heterocycles. The van der Waals surface area contributed by atoms with Crippen LogP contribution in [0.4, 0.5) is 5.69 Å². The van der Waals surface area contributed by atoms with Gasteiger partial charge in [0.15, 0.2) is 0 Å². The third-order valence-electron chi connectivity index (χ3n) is 5.23. The summed E-state index contributed by atoms with van der Waals surface area (Å²) in [5, 5.41) is 12.9. The summed E-state index contributed by atoms with van der Waals surface area (Å²) < 4.78 is 24.9. The summed E-state index contributed by atoms with van der Waals surface area (Å²) >= 11 is 0. The molecular weight excluding hydrogens is 360 g/mol. The molecule has 0 aliphatic rings. The second-order valence-electron chi connectivity index (χ2n) is 7.78. The number of unbranched alkanes of at least 4 members (excludes halogenated alkanes) is 4. The highest BCUT2D eigenvalue weighted by molar-refractivity contribution is 7.92. The topological polar surface area (TPSA) is 69.2 Å². The fourth-order valence-corrected chi connectivity index (χ4v) is 3.94. The first kappa shape index (κ1) is 23.9. The Kier molecular flexibility index (Phi) is 10.3. The molecule has 0 fully saturated rings. The lowest BCUT2D eigenvalue weighted by molar-refractivity contribution is -0.879. The van der Waals surface area contributed by atoms with Crippen LogP contribution >= 0.6 is 0 Å².